The highest BCUT2D eigenvalue weighted by Gasteiger charge is 2.60. The number of ether oxygens (including phenoxy) is 11. The Bertz CT molecular complexity index is 3510. The zero-order valence-corrected chi connectivity index (χ0v) is 52.2. The van der Waals surface area contributed by atoms with Crippen LogP contribution < -0.4 is 14.8 Å². The number of nitrogens with one attached hydrogen (secondary N) is 3. The number of aliphatic carboxylic acids is 3. The molecule has 5 fully saturated rings. The van der Waals surface area contributed by atoms with Gasteiger partial charge in [-0.05, 0) is 6.08 Å². The molecule has 0 radical (unpaired) electrons. The highest BCUT2D eigenvalue weighted by Crippen LogP contribution is 2.39. The Morgan fingerprint density at radius 3 is 1.26 bits per heavy atom. The van der Waals surface area contributed by atoms with Gasteiger partial charge >= 0.3 is 69.7 Å². The number of aliphatic hydroxyl groups is 9. The lowest BCUT2D eigenvalue weighted by Crippen LogP contribution is -2.70. The van der Waals surface area contributed by atoms with E-state index >= 15 is 0 Å². The van der Waals surface area contributed by atoms with Crippen LogP contribution in [0.25, 0.3) is 0 Å². The second-order valence-corrected chi connectivity index (χ2v) is 28.1. The highest BCUT2D eigenvalue weighted by atomic mass is 32.3. The van der Waals surface area contributed by atoms with Crippen molar-refractivity contribution in [3.8, 4) is 0 Å². The Kier molecular flexibility index (Phi) is 26.5. The molecule has 96 heavy (non-hydrogen) atoms. The van der Waals surface area contributed by atoms with E-state index in [-0.39, 0.29) is 0 Å². The van der Waals surface area contributed by atoms with Crippen LogP contribution in [0.3, 0.4) is 0 Å². The number of carboxylic acid groups (broad SMARTS) is 3. The lowest BCUT2D eigenvalue weighted by molar-refractivity contribution is -0.374. The van der Waals surface area contributed by atoms with E-state index in [2.05, 4.69) is 17.9 Å². The standard InChI is InChI=1S/C39H61N3O48S6/c1-7(43)40-15-20(48)25(85-38-18(46)9(44)2-10(81-38)31(52)53)12(4-78-95(71,72)73)82-36(15)88-28-22(50)23(51)39(90-30(28)33(56)57)86-26-13(5-79-96(74,75)76)83-37(16(21(26)49)42-93(65,66)67)87-27-17(45)8(6-91(59,60)61)35(89-29(27)32(54)55)84-24-11(3-77-94(68,69)70)80-34(58)14(19(24)47)41-92(62,63)64/h2,8-9,11-30,34-39,41-42,44-51,58H,3-6H2,1H3,(H,40,43)(H,52,53)(H,54,55)(H,56,57)(H,59,60,61)(H,62,63,64)(H,65,66,67)(H,68,69,70)(H,71,72,73)(H,74,75,76)/t8-,9+,11-,12-,13-,14-,15?,16-,17-,18-,19-,20-,21-,22-,23-,24-,25-,26-,27+,28?,29-,30+,34?,35-,36-,37-,38+,39-/m1/s1. The molecule has 3 unspecified atom stereocenters. The summed E-state index contributed by atoms with van der Waals surface area (Å²) in [5, 5.41) is 133. The molecule has 5 saturated heterocycles. The molecule has 21 N–H and O–H groups in total. The second-order valence-electron chi connectivity index (χ2n) is 20.9. The topological polar surface area (TPSA) is 803 Å². The molecule has 6 heterocycles. The van der Waals surface area contributed by atoms with Crippen molar-refractivity contribution >= 4 is 85.7 Å². The predicted molar refractivity (Wildman–Crippen MR) is 281 cm³/mol. The van der Waals surface area contributed by atoms with E-state index in [1.165, 1.54) is 9.44 Å². The molecule has 0 aromatic rings. The summed E-state index contributed by atoms with van der Waals surface area (Å²) in [5.74, 6) is -13.3. The minimum absolute atomic E-state index is 0.495. The molecule has 0 bridgehead atoms. The molecule has 51 nitrogen and oxygen atoms in total. The Balaban J connectivity index is 1.33. The molecule has 28 atom stereocenters. The third-order valence-electron chi connectivity index (χ3n) is 14.1. The largest absolute Gasteiger partial charge is 0.479 e. The zero-order chi connectivity index (χ0) is 72.6. The number of hydrogen-bond acceptors (Lipinski definition) is 39. The van der Waals surface area contributed by atoms with Crippen molar-refractivity contribution in [3.05, 3.63) is 11.8 Å². The molecule has 6 aliphatic heterocycles. The van der Waals surface area contributed by atoms with E-state index in [9.17, 15) is 158 Å². The van der Waals surface area contributed by atoms with Gasteiger partial charge in [0.25, 0.3) is 10.1 Å². The number of amides is 1. The molecular formula is C39H61N3O48S6. The average Bonchev–Trinajstić information content (AvgIpc) is 0.769. The minimum atomic E-state index is -5.89. The summed E-state index contributed by atoms with van der Waals surface area (Å²) in [6.45, 7) is -4.09. The number of carboxylic acids is 3. The molecule has 0 aliphatic carbocycles. The average molecular weight is 1530 g/mol. The maximum absolute atomic E-state index is 13.0. The Hall–Kier alpha value is -4.08. The Morgan fingerprint density at radius 2 is 0.833 bits per heavy atom. The van der Waals surface area contributed by atoms with E-state index < -0.39 is 289 Å². The van der Waals surface area contributed by atoms with Gasteiger partial charge in [0, 0.05) is 6.92 Å². The fourth-order valence-electron chi connectivity index (χ4n) is 10.1. The van der Waals surface area contributed by atoms with Crippen LogP contribution in [0, 0.1) is 5.92 Å². The van der Waals surface area contributed by atoms with Gasteiger partial charge in [0.1, 0.15) is 110 Å². The summed E-state index contributed by atoms with van der Waals surface area (Å²) in [4.78, 5) is 50.2. The normalized spacial score (nSPS) is 39.9. The molecule has 0 aromatic heterocycles. The van der Waals surface area contributed by atoms with E-state index in [4.69, 9.17) is 52.1 Å². The summed E-state index contributed by atoms with van der Waals surface area (Å²) in [6, 6.07) is -7.60. The van der Waals surface area contributed by atoms with Crippen LogP contribution in [-0.2, 0) is 146 Å². The highest BCUT2D eigenvalue weighted by molar-refractivity contribution is 7.85. The first kappa shape index (κ1) is 80.9. The van der Waals surface area contributed by atoms with E-state index in [1.54, 1.807) is 0 Å². The summed E-state index contributed by atoms with van der Waals surface area (Å²) in [6.07, 6.45) is -63.2. The van der Waals surface area contributed by atoms with E-state index in [0.29, 0.717) is 6.08 Å². The predicted octanol–water partition coefficient (Wildman–Crippen LogP) is -14.1. The van der Waals surface area contributed by atoms with Crippen LogP contribution >= 0.6 is 0 Å². The van der Waals surface area contributed by atoms with Crippen molar-refractivity contribution in [2.24, 2.45) is 5.92 Å². The number of carbonyl (C=O) groups excluding carboxylic acids is 1. The van der Waals surface area contributed by atoms with Gasteiger partial charge in [-0.3, -0.25) is 32.1 Å². The van der Waals surface area contributed by atoms with Crippen LogP contribution in [0.5, 0.6) is 0 Å². The van der Waals surface area contributed by atoms with Crippen molar-refractivity contribution in [3.63, 3.8) is 0 Å². The summed E-state index contributed by atoms with van der Waals surface area (Å²) in [5.41, 5.74) is 0. The van der Waals surface area contributed by atoms with Crippen molar-refractivity contribution < 1.29 is 223 Å². The van der Waals surface area contributed by atoms with E-state index in [1.807, 2.05) is 0 Å². The molecule has 6 aliphatic rings. The summed E-state index contributed by atoms with van der Waals surface area (Å²) >= 11 is 0. The number of carbonyl (C=O) groups is 4. The maximum atomic E-state index is 13.0. The fraction of sp³-hybridized carbons (Fsp3) is 0.846. The van der Waals surface area contributed by atoms with Gasteiger partial charge in [-0.1, -0.05) is 0 Å². The van der Waals surface area contributed by atoms with Gasteiger partial charge in [-0.2, -0.15) is 60.0 Å². The lowest BCUT2D eigenvalue weighted by atomic mass is 9.90. The molecular weight excluding hydrogens is 1470 g/mol. The van der Waals surface area contributed by atoms with Crippen LogP contribution in [0.2, 0.25) is 0 Å². The van der Waals surface area contributed by atoms with Crippen LogP contribution in [0.4, 0.5) is 0 Å². The number of hydrogen-bond donors (Lipinski definition) is 21. The van der Waals surface area contributed by atoms with Crippen molar-refractivity contribution in [2.45, 2.75) is 173 Å². The Labute approximate surface area is 537 Å². The van der Waals surface area contributed by atoms with Gasteiger partial charge in [0.05, 0.1) is 37.6 Å². The molecule has 1 amide bonds. The molecule has 0 saturated carbocycles. The second kappa shape index (κ2) is 31.4. The van der Waals surface area contributed by atoms with E-state index in [0.717, 1.165) is 6.92 Å². The zero-order valence-electron chi connectivity index (χ0n) is 47.3. The van der Waals surface area contributed by atoms with Gasteiger partial charge in [0.15, 0.2) is 43.7 Å². The molecule has 6 rings (SSSR count). The van der Waals surface area contributed by atoms with Gasteiger partial charge in [-0.15, -0.1) is 0 Å². The first-order valence-corrected chi connectivity index (χ1v) is 34.7. The first-order chi connectivity index (χ1) is 43.8. The minimum Gasteiger partial charge on any atom is -0.479 e. The van der Waals surface area contributed by atoms with Crippen LogP contribution in [-0.4, -0.2) is 354 Å². The first-order valence-electron chi connectivity index (χ1n) is 26.2. The van der Waals surface area contributed by atoms with Crippen molar-refractivity contribution in [2.75, 3.05) is 25.6 Å². The van der Waals surface area contributed by atoms with Crippen molar-refractivity contribution in [1.29, 1.82) is 0 Å². The van der Waals surface area contributed by atoms with Gasteiger partial charge < -0.3 is 119 Å². The quantitative estimate of drug-likeness (QED) is 0.0309. The third-order valence-corrected chi connectivity index (χ3v) is 17.4. The fourth-order valence-corrected chi connectivity index (χ4v) is 13.1. The van der Waals surface area contributed by atoms with Gasteiger partial charge in [0.2, 0.25) is 18.0 Å². The Morgan fingerprint density at radius 1 is 0.448 bits per heavy atom. The lowest BCUT2D eigenvalue weighted by Gasteiger charge is -2.50. The SMILES string of the molecule is CC(=O)NC1[C@@H](OC2[C@@H](C(=O)O)O[C@@H](O[C@H]3[C@H](O)[C@@H](NS(=O)(=O)O)[C@@H](O[C@H]4[C@H](O)[C@@H](CS(=O)(=O)O)[C@H](O[C@H]5[C@H](O)[C@@H](NS(=O)(=O)O)C(O)O[C@@H]5COS(=O)(=O)O)O[C@H]4C(=O)O)O[C@@H]3COS(=O)(=O)O)[C@H](O)[C@H]2O)O[C@H](COS(=O)(=O)O)[C@@H](O[C@@H]2OC(C(=O)O)=C[C@H](O)[C@H]2O)[C@@H]1O. The summed E-state index contributed by atoms with van der Waals surface area (Å²) in [7, 11) is -33.8. The number of rotatable bonds is 29. The molecule has 0 aromatic carbocycles. The van der Waals surface area contributed by atoms with Crippen molar-refractivity contribution in [1.82, 2.24) is 14.8 Å². The molecule has 556 valence electrons. The smallest absolute Gasteiger partial charge is 0.397 e. The number of aliphatic hydroxyl groups excluding tert-OH is 9. The van der Waals surface area contributed by atoms with Crippen LogP contribution in [0.1, 0.15) is 6.92 Å². The third kappa shape index (κ3) is 21.7. The molecule has 57 heteroatoms. The summed E-state index contributed by atoms with van der Waals surface area (Å²) < 4.78 is 276. The maximum Gasteiger partial charge on any atom is 0.397 e. The monoisotopic (exact) mass is 1530 g/mol. The molecule has 0 spiro atoms. The van der Waals surface area contributed by atoms with Crippen LogP contribution in [0.15, 0.2) is 11.8 Å². The van der Waals surface area contributed by atoms with Gasteiger partial charge in [-0.25, -0.2) is 26.9 Å².